The van der Waals surface area contributed by atoms with E-state index >= 15 is 0 Å². The molecule has 3 N–H and O–H groups in total. The van der Waals surface area contributed by atoms with Crippen LogP contribution in [0.15, 0.2) is 11.1 Å². The number of hydrogen-bond donors (Lipinski definition) is 2. The summed E-state index contributed by atoms with van der Waals surface area (Å²) in [6, 6.07) is 1.62. The van der Waals surface area contributed by atoms with Crippen LogP contribution in [0.5, 0.6) is 0 Å². The minimum Gasteiger partial charge on any atom is -0.364 e. The molecule has 0 spiro atoms. The molecule has 0 aromatic carbocycles. The lowest BCUT2D eigenvalue weighted by atomic mass is 10.4. The normalized spacial score (nSPS) is 9.70. The van der Waals surface area contributed by atoms with E-state index in [1.54, 1.807) is 6.07 Å². The molecule has 0 aliphatic heterocycles. The smallest absolute Gasteiger partial charge is 0.266 e. The predicted molar refractivity (Wildman–Crippen MR) is 38.9 cm³/mol. The van der Waals surface area contributed by atoms with Crippen LogP contribution in [0, 0.1) is 0 Å². The Morgan fingerprint density at radius 2 is 2.60 bits per heavy atom. The van der Waals surface area contributed by atoms with E-state index in [4.69, 9.17) is 5.73 Å². The van der Waals surface area contributed by atoms with Crippen molar-refractivity contribution in [2.24, 2.45) is 5.73 Å². The fourth-order valence-electron chi connectivity index (χ4n) is 0.534. The lowest BCUT2D eigenvalue weighted by Crippen LogP contribution is -2.10. The molecule has 1 rings (SSSR count). The van der Waals surface area contributed by atoms with Gasteiger partial charge in [0.05, 0.1) is 0 Å². The van der Waals surface area contributed by atoms with Crippen LogP contribution in [0.2, 0.25) is 0 Å². The summed E-state index contributed by atoms with van der Waals surface area (Å²) in [5.41, 5.74) is 5.31. The van der Waals surface area contributed by atoms with Gasteiger partial charge in [-0.1, -0.05) is 0 Å². The lowest BCUT2D eigenvalue weighted by Gasteiger charge is -1.81. The molecule has 0 saturated heterocycles. The van der Waals surface area contributed by atoms with E-state index in [9.17, 15) is 4.79 Å². The van der Waals surface area contributed by atoms with Crippen LogP contribution in [0.25, 0.3) is 0 Å². The number of amides is 1. The second-order valence-electron chi connectivity index (χ2n) is 1.69. The van der Waals surface area contributed by atoms with Crippen LogP contribution in [0.4, 0.5) is 0 Å². The van der Waals surface area contributed by atoms with Crippen LogP contribution in [-0.2, 0) is 0 Å². The Morgan fingerprint density at radius 1 is 1.90 bits per heavy atom. The van der Waals surface area contributed by atoms with Crippen molar-refractivity contribution >= 4 is 17.7 Å². The number of aromatic amines is 1. The summed E-state index contributed by atoms with van der Waals surface area (Å²) in [5.74, 6) is -0.479. The molecule has 0 unspecified atom stereocenters. The van der Waals surface area contributed by atoms with Crippen LogP contribution in [0.3, 0.4) is 0 Å². The van der Waals surface area contributed by atoms with Crippen molar-refractivity contribution in [3.8, 4) is 0 Å². The summed E-state index contributed by atoms with van der Waals surface area (Å²) in [6.45, 7) is 0. The van der Waals surface area contributed by atoms with Crippen molar-refractivity contribution in [1.29, 1.82) is 0 Å². The number of aromatic nitrogens is 2. The summed E-state index contributed by atoms with van der Waals surface area (Å²) in [5, 5.41) is 7.08. The first-order valence-corrected chi connectivity index (χ1v) is 3.85. The molecule has 0 radical (unpaired) electrons. The molecule has 54 valence electrons. The van der Waals surface area contributed by atoms with Gasteiger partial charge in [0.2, 0.25) is 0 Å². The van der Waals surface area contributed by atoms with Crippen molar-refractivity contribution in [3.05, 3.63) is 11.8 Å². The average molecular weight is 157 g/mol. The van der Waals surface area contributed by atoms with Gasteiger partial charge in [0, 0.05) is 6.07 Å². The average Bonchev–Trinajstić information content (AvgIpc) is 2.34. The van der Waals surface area contributed by atoms with Gasteiger partial charge >= 0.3 is 0 Å². The third-order valence-electron chi connectivity index (χ3n) is 1.03. The van der Waals surface area contributed by atoms with E-state index in [0.29, 0.717) is 5.69 Å². The maximum Gasteiger partial charge on any atom is 0.266 e. The van der Waals surface area contributed by atoms with Gasteiger partial charge in [-0.25, -0.2) is 0 Å². The zero-order valence-electron chi connectivity index (χ0n) is 5.42. The van der Waals surface area contributed by atoms with Crippen molar-refractivity contribution in [1.82, 2.24) is 10.2 Å². The number of hydrogen-bond acceptors (Lipinski definition) is 3. The van der Waals surface area contributed by atoms with Gasteiger partial charge in [-0.2, -0.15) is 5.10 Å². The van der Waals surface area contributed by atoms with E-state index in [1.165, 1.54) is 11.8 Å². The highest BCUT2D eigenvalue weighted by Gasteiger charge is 2.03. The molecule has 4 nitrogen and oxygen atoms in total. The summed E-state index contributed by atoms with van der Waals surface area (Å²) in [7, 11) is 0. The number of carbonyl (C=O) groups excluding carboxylic acids is 1. The van der Waals surface area contributed by atoms with E-state index in [1.807, 2.05) is 6.26 Å². The first-order chi connectivity index (χ1) is 4.74. The minimum absolute atomic E-state index is 0.351. The molecular formula is C5H7N3OS. The Bertz CT molecular complexity index is 245. The molecule has 1 aromatic heterocycles. The molecule has 1 aromatic rings. The zero-order valence-corrected chi connectivity index (χ0v) is 6.23. The molecule has 10 heavy (non-hydrogen) atoms. The number of H-pyrrole nitrogens is 1. The predicted octanol–water partition coefficient (Wildman–Crippen LogP) is 0.231. The van der Waals surface area contributed by atoms with E-state index in [-0.39, 0.29) is 0 Å². The van der Waals surface area contributed by atoms with Crippen molar-refractivity contribution in [3.63, 3.8) is 0 Å². The number of thioether (sulfide) groups is 1. The molecule has 0 atom stereocenters. The van der Waals surface area contributed by atoms with Gasteiger partial charge in [0.25, 0.3) is 5.91 Å². The fourth-order valence-corrected chi connectivity index (χ4v) is 0.907. The maximum absolute atomic E-state index is 10.5. The first-order valence-electron chi connectivity index (χ1n) is 2.63. The van der Waals surface area contributed by atoms with Crippen molar-refractivity contribution < 1.29 is 4.79 Å². The van der Waals surface area contributed by atoms with Gasteiger partial charge in [-0.15, -0.1) is 11.8 Å². The first kappa shape index (κ1) is 7.14. The molecule has 5 heteroatoms. The molecular weight excluding hydrogens is 150 g/mol. The van der Waals surface area contributed by atoms with Crippen LogP contribution < -0.4 is 5.73 Å². The zero-order chi connectivity index (χ0) is 7.56. The highest BCUT2D eigenvalue weighted by molar-refractivity contribution is 7.98. The fraction of sp³-hybridized carbons (Fsp3) is 0.200. The molecule has 0 fully saturated rings. The number of nitrogens with one attached hydrogen (secondary N) is 1. The largest absolute Gasteiger partial charge is 0.364 e. The standard InChI is InChI=1S/C5H7N3OS/c1-10-4-2-3(5(6)9)7-8-4/h2H,1H3,(H2,6,9)(H,7,8). The Kier molecular flexibility index (Phi) is 1.96. The van der Waals surface area contributed by atoms with Crippen LogP contribution >= 0.6 is 11.8 Å². The van der Waals surface area contributed by atoms with E-state index in [0.717, 1.165) is 5.03 Å². The third kappa shape index (κ3) is 1.30. The Labute approximate surface area is 62.2 Å². The molecule has 0 aliphatic rings. The number of nitrogens with two attached hydrogens (primary N) is 1. The van der Waals surface area contributed by atoms with Crippen molar-refractivity contribution in [2.45, 2.75) is 5.03 Å². The second-order valence-corrected chi connectivity index (χ2v) is 2.51. The van der Waals surface area contributed by atoms with Crippen LogP contribution in [0.1, 0.15) is 10.5 Å². The highest BCUT2D eigenvalue weighted by Crippen LogP contribution is 2.10. The van der Waals surface area contributed by atoms with Gasteiger partial charge in [-0.3, -0.25) is 9.89 Å². The van der Waals surface area contributed by atoms with Gasteiger partial charge in [0.15, 0.2) is 0 Å². The Morgan fingerprint density at radius 3 is 2.90 bits per heavy atom. The third-order valence-corrected chi connectivity index (χ3v) is 1.66. The summed E-state index contributed by atoms with van der Waals surface area (Å²) in [6.07, 6.45) is 1.88. The molecule has 0 bridgehead atoms. The molecule has 0 saturated carbocycles. The SMILES string of the molecule is CSc1cc(C(N)=O)[nH]n1. The van der Waals surface area contributed by atoms with Gasteiger partial charge in [-0.05, 0) is 6.26 Å². The number of primary amides is 1. The van der Waals surface area contributed by atoms with E-state index in [2.05, 4.69) is 10.2 Å². The number of rotatable bonds is 2. The quantitative estimate of drug-likeness (QED) is 0.603. The number of nitrogens with zero attached hydrogens (tertiary/aromatic N) is 1. The molecule has 0 aliphatic carbocycles. The number of carbonyl (C=O) groups is 1. The van der Waals surface area contributed by atoms with Gasteiger partial charge in [0.1, 0.15) is 10.7 Å². The lowest BCUT2D eigenvalue weighted by molar-refractivity contribution is 0.0995. The molecule has 1 amide bonds. The minimum atomic E-state index is -0.479. The van der Waals surface area contributed by atoms with Crippen molar-refractivity contribution in [2.75, 3.05) is 6.26 Å². The second kappa shape index (κ2) is 2.74. The topological polar surface area (TPSA) is 71.8 Å². The van der Waals surface area contributed by atoms with Crippen LogP contribution in [-0.4, -0.2) is 22.4 Å². The summed E-state index contributed by atoms with van der Waals surface area (Å²) >= 11 is 1.46. The summed E-state index contributed by atoms with van der Waals surface area (Å²) in [4.78, 5) is 10.5. The Balaban J connectivity index is 2.88. The Hall–Kier alpha value is -0.970. The maximum atomic E-state index is 10.5. The van der Waals surface area contributed by atoms with E-state index < -0.39 is 5.91 Å². The monoisotopic (exact) mass is 157 g/mol. The summed E-state index contributed by atoms with van der Waals surface area (Å²) < 4.78 is 0. The molecule has 1 heterocycles. The van der Waals surface area contributed by atoms with Gasteiger partial charge < -0.3 is 5.73 Å². The highest BCUT2D eigenvalue weighted by atomic mass is 32.2.